The molecule has 1 aliphatic heterocycles. The molecule has 1 aromatic carbocycles. The molecule has 0 spiro atoms. The minimum absolute atomic E-state index is 0.0607. The molecule has 1 atom stereocenters. The number of rotatable bonds is 7. The molecule has 0 saturated carbocycles. The molecule has 4 rings (SSSR count). The molecule has 2 aromatic heterocycles. The number of piperidine rings is 1. The Morgan fingerprint density at radius 2 is 2.03 bits per heavy atom. The van der Waals surface area contributed by atoms with Crippen LogP contribution in [-0.2, 0) is 21.4 Å². The predicted molar refractivity (Wildman–Crippen MR) is 129 cm³/mol. The average Bonchev–Trinajstić information content (AvgIpc) is 3.47. The summed E-state index contributed by atoms with van der Waals surface area (Å²) in [5.74, 6) is -0.317. The van der Waals surface area contributed by atoms with Gasteiger partial charge in [-0.1, -0.05) is 47.1 Å². The third kappa shape index (κ3) is 5.43. The summed E-state index contributed by atoms with van der Waals surface area (Å²) in [6, 6.07) is 11.8. The van der Waals surface area contributed by atoms with Gasteiger partial charge in [-0.2, -0.15) is 4.31 Å². The fraction of sp³-hybridized carbons (Fsp3) is 0.333. The first-order valence-electron chi connectivity index (χ1n) is 10.9. The molecule has 0 aliphatic carbocycles. The van der Waals surface area contributed by atoms with Crippen molar-refractivity contribution in [2.75, 3.05) is 13.1 Å². The molecule has 3 aromatic rings. The Labute approximate surface area is 198 Å². The Kier molecular flexibility index (Phi) is 7.11. The van der Waals surface area contributed by atoms with Crippen molar-refractivity contribution < 1.29 is 17.7 Å². The topological polar surface area (TPSA) is 92.5 Å². The second kappa shape index (κ2) is 10.0. The average molecular weight is 486 g/mol. The Bertz CT molecular complexity index is 1230. The number of sulfonamides is 1. The van der Waals surface area contributed by atoms with Crippen LogP contribution in [0.25, 0.3) is 12.2 Å². The second-order valence-corrected chi connectivity index (χ2v) is 11.1. The van der Waals surface area contributed by atoms with Crippen LogP contribution in [0, 0.1) is 19.8 Å². The van der Waals surface area contributed by atoms with Crippen molar-refractivity contribution >= 4 is 39.4 Å². The summed E-state index contributed by atoms with van der Waals surface area (Å²) in [5, 5.41) is 8.80. The zero-order valence-electron chi connectivity index (χ0n) is 18.7. The number of hydrogen-bond donors (Lipinski definition) is 1. The first kappa shape index (κ1) is 23.4. The minimum Gasteiger partial charge on any atom is -0.355 e. The summed E-state index contributed by atoms with van der Waals surface area (Å²) >= 11 is 1.58. The van der Waals surface area contributed by atoms with E-state index in [1.54, 1.807) is 30.4 Å². The van der Waals surface area contributed by atoms with Crippen molar-refractivity contribution in [1.82, 2.24) is 14.8 Å². The Hall–Kier alpha value is -2.75. The molecular formula is C24H27N3O4S2. The summed E-state index contributed by atoms with van der Waals surface area (Å²) in [5.41, 5.74) is 2.38. The van der Waals surface area contributed by atoms with E-state index in [4.69, 9.17) is 4.52 Å². The Balaban J connectivity index is 1.50. The van der Waals surface area contributed by atoms with E-state index in [1.165, 1.54) is 4.31 Å². The van der Waals surface area contributed by atoms with Crippen molar-refractivity contribution in [2.24, 2.45) is 5.92 Å². The van der Waals surface area contributed by atoms with Crippen molar-refractivity contribution in [1.29, 1.82) is 0 Å². The predicted octanol–water partition coefficient (Wildman–Crippen LogP) is 4.24. The number of thiophene rings is 1. The van der Waals surface area contributed by atoms with Crippen molar-refractivity contribution in [2.45, 2.75) is 38.1 Å². The molecule has 7 nitrogen and oxygen atoms in total. The van der Waals surface area contributed by atoms with Gasteiger partial charge in [0, 0.05) is 18.0 Å². The van der Waals surface area contributed by atoms with E-state index in [2.05, 4.69) is 10.5 Å². The maximum atomic E-state index is 13.5. The highest BCUT2D eigenvalue weighted by molar-refractivity contribution is 7.89. The molecule has 0 bridgehead atoms. The molecular weight excluding hydrogens is 458 g/mol. The lowest BCUT2D eigenvalue weighted by atomic mass is 9.99. The van der Waals surface area contributed by atoms with Gasteiger partial charge in [0.15, 0.2) is 10.7 Å². The van der Waals surface area contributed by atoms with Crippen LogP contribution in [0.4, 0.5) is 0 Å². The number of carbonyl (C=O) groups is 1. The molecule has 9 heteroatoms. The lowest BCUT2D eigenvalue weighted by Gasteiger charge is -2.31. The Morgan fingerprint density at radius 1 is 1.24 bits per heavy atom. The highest BCUT2D eigenvalue weighted by Gasteiger charge is 2.36. The molecule has 0 radical (unpaired) electrons. The lowest BCUT2D eigenvalue weighted by Crippen LogP contribution is -2.45. The number of benzene rings is 1. The number of nitrogens with one attached hydrogen (secondary N) is 1. The van der Waals surface area contributed by atoms with Gasteiger partial charge in [-0.25, -0.2) is 8.42 Å². The van der Waals surface area contributed by atoms with Crippen LogP contribution in [0.2, 0.25) is 0 Å². The summed E-state index contributed by atoms with van der Waals surface area (Å²) in [7, 11) is -3.87. The van der Waals surface area contributed by atoms with E-state index in [0.29, 0.717) is 31.6 Å². The third-order valence-electron chi connectivity index (χ3n) is 5.71. The van der Waals surface area contributed by atoms with E-state index >= 15 is 0 Å². The van der Waals surface area contributed by atoms with Crippen LogP contribution in [0.15, 0.2) is 51.2 Å². The molecule has 174 valence electrons. The van der Waals surface area contributed by atoms with E-state index in [-0.39, 0.29) is 29.0 Å². The monoisotopic (exact) mass is 485 g/mol. The minimum atomic E-state index is -3.87. The maximum Gasteiger partial charge on any atom is 0.248 e. The smallest absolute Gasteiger partial charge is 0.248 e. The van der Waals surface area contributed by atoms with Crippen LogP contribution < -0.4 is 5.32 Å². The fourth-order valence-electron chi connectivity index (χ4n) is 3.88. The maximum absolute atomic E-state index is 13.5. The number of hydrogen-bond acceptors (Lipinski definition) is 6. The molecule has 1 aliphatic rings. The number of carbonyl (C=O) groups excluding carboxylic acids is 1. The van der Waals surface area contributed by atoms with Crippen LogP contribution >= 0.6 is 11.3 Å². The molecule has 1 N–H and O–H groups in total. The van der Waals surface area contributed by atoms with Gasteiger partial charge in [-0.3, -0.25) is 4.79 Å². The SMILES string of the molecule is Cc1ccc(C=Cc2onc(C)c2S(=O)(=O)N2CCCC(C(=O)NCc3cccs3)C2)cc1. The molecule has 1 saturated heterocycles. The van der Waals surface area contributed by atoms with Crippen molar-refractivity contribution in [3.8, 4) is 0 Å². The molecule has 33 heavy (non-hydrogen) atoms. The van der Waals surface area contributed by atoms with Gasteiger partial charge in [0.1, 0.15) is 5.69 Å². The summed E-state index contributed by atoms with van der Waals surface area (Å²) in [4.78, 5) is 13.8. The highest BCUT2D eigenvalue weighted by atomic mass is 32.2. The first-order chi connectivity index (χ1) is 15.8. The van der Waals surface area contributed by atoms with Gasteiger partial charge in [-0.05, 0) is 49.8 Å². The van der Waals surface area contributed by atoms with E-state index < -0.39 is 10.0 Å². The van der Waals surface area contributed by atoms with Gasteiger partial charge >= 0.3 is 0 Å². The number of amides is 1. The highest BCUT2D eigenvalue weighted by Crippen LogP contribution is 2.29. The number of nitrogens with zero attached hydrogens (tertiary/aromatic N) is 2. The van der Waals surface area contributed by atoms with E-state index in [0.717, 1.165) is 16.0 Å². The van der Waals surface area contributed by atoms with Gasteiger partial charge in [0.05, 0.1) is 12.5 Å². The third-order valence-corrected chi connectivity index (χ3v) is 8.61. The second-order valence-electron chi connectivity index (χ2n) is 8.20. The number of aromatic nitrogens is 1. The van der Waals surface area contributed by atoms with Crippen molar-refractivity contribution in [3.63, 3.8) is 0 Å². The number of aryl methyl sites for hydroxylation is 2. The summed E-state index contributed by atoms with van der Waals surface area (Å²) in [6.07, 6.45) is 4.71. The van der Waals surface area contributed by atoms with Gasteiger partial charge in [0.2, 0.25) is 15.9 Å². The zero-order chi connectivity index (χ0) is 23.4. The van der Waals surface area contributed by atoms with Crippen LogP contribution in [0.1, 0.15) is 40.3 Å². The summed E-state index contributed by atoms with van der Waals surface area (Å²) in [6.45, 7) is 4.59. The zero-order valence-corrected chi connectivity index (χ0v) is 20.3. The standard InChI is InChI=1S/C24H27N3O4S2/c1-17-7-9-19(10-8-17)11-12-22-23(18(2)26-31-22)33(29,30)27-13-3-5-20(16-27)24(28)25-15-21-6-4-14-32-21/h4,6-12,14,20H,3,5,13,15-16H2,1-2H3,(H,25,28). The van der Waals surface area contributed by atoms with E-state index in [1.807, 2.05) is 48.7 Å². The van der Waals surface area contributed by atoms with Crippen LogP contribution in [-0.4, -0.2) is 36.9 Å². The Morgan fingerprint density at radius 3 is 2.76 bits per heavy atom. The normalized spacial score (nSPS) is 17.5. The van der Waals surface area contributed by atoms with Gasteiger partial charge < -0.3 is 9.84 Å². The fourth-order valence-corrected chi connectivity index (χ4v) is 6.30. The molecule has 1 amide bonds. The summed E-state index contributed by atoms with van der Waals surface area (Å²) < 4.78 is 33.8. The van der Waals surface area contributed by atoms with Gasteiger partial charge in [-0.15, -0.1) is 11.3 Å². The molecule has 1 fully saturated rings. The lowest BCUT2D eigenvalue weighted by molar-refractivity contribution is -0.126. The molecule has 3 heterocycles. The van der Waals surface area contributed by atoms with E-state index in [9.17, 15) is 13.2 Å². The van der Waals surface area contributed by atoms with Crippen LogP contribution in [0.3, 0.4) is 0 Å². The largest absolute Gasteiger partial charge is 0.355 e. The quantitative estimate of drug-likeness (QED) is 0.540. The van der Waals surface area contributed by atoms with Crippen LogP contribution in [0.5, 0.6) is 0 Å². The first-order valence-corrected chi connectivity index (χ1v) is 13.2. The van der Waals surface area contributed by atoms with Crippen molar-refractivity contribution in [3.05, 3.63) is 69.2 Å². The molecule has 1 unspecified atom stereocenters. The van der Waals surface area contributed by atoms with Gasteiger partial charge in [0.25, 0.3) is 0 Å².